The third kappa shape index (κ3) is 4.99. The minimum atomic E-state index is -0.0982. The zero-order valence-electron chi connectivity index (χ0n) is 14.4. The summed E-state index contributed by atoms with van der Waals surface area (Å²) in [6.45, 7) is 2.91. The predicted octanol–water partition coefficient (Wildman–Crippen LogP) is 2.78. The van der Waals surface area contributed by atoms with E-state index in [9.17, 15) is 4.79 Å². The number of para-hydroxylation sites is 1. The monoisotopic (exact) mass is 328 g/mol. The van der Waals surface area contributed by atoms with Gasteiger partial charge in [-0.1, -0.05) is 24.3 Å². The largest absolute Gasteiger partial charge is 0.496 e. The number of hydrogen-bond acceptors (Lipinski definition) is 4. The Hall–Kier alpha value is -2.53. The Bertz CT molecular complexity index is 686. The molecule has 24 heavy (non-hydrogen) atoms. The third-order valence-corrected chi connectivity index (χ3v) is 3.68. The molecule has 5 heteroatoms. The fourth-order valence-corrected chi connectivity index (χ4v) is 2.45. The van der Waals surface area contributed by atoms with Gasteiger partial charge in [0.25, 0.3) is 0 Å². The Kier molecular flexibility index (Phi) is 6.63. The maximum absolute atomic E-state index is 12.1. The molecule has 0 heterocycles. The standard InChI is InChI=1S/C19H24N2O3/c1-14-8-9-18(24-3)16(12-14)21-19(22)13-20-11-10-15-6-4-5-7-17(15)23-2/h4-9,12,20H,10-11,13H2,1-3H3,(H,21,22). The van der Waals surface area contributed by atoms with Gasteiger partial charge in [-0.25, -0.2) is 0 Å². The first-order chi connectivity index (χ1) is 11.6. The van der Waals surface area contributed by atoms with Crippen molar-refractivity contribution < 1.29 is 14.3 Å². The molecular weight excluding hydrogens is 304 g/mol. The molecule has 0 aliphatic heterocycles. The van der Waals surface area contributed by atoms with Crippen LogP contribution in [0.15, 0.2) is 42.5 Å². The second-order valence-corrected chi connectivity index (χ2v) is 5.49. The van der Waals surface area contributed by atoms with Crippen molar-refractivity contribution in [2.24, 2.45) is 0 Å². The number of amides is 1. The van der Waals surface area contributed by atoms with E-state index < -0.39 is 0 Å². The quantitative estimate of drug-likeness (QED) is 0.732. The maximum Gasteiger partial charge on any atom is 0.238 e. The van der Waals surface area contributed by atoms with E-state index in [-0.39, 0.29) is 12.5 Å². The Morgan fingerprint density at radius 1 is 1.04 bits per heavy atom. The van der Waals surface area contributed by atoms with E-state index in [4.69, 9.17) is 9.47 Å². The van der Waals surface area contributed by atoms with E-state index in [0.717, 1.165) is 23.3 Å². The number of methoxy groups -OCH3 is 2. The first kappa shape index (κ1) is 17.8. The van der Waals surface area contributed by atoms with E-state index >= 15 is 0 Å². The minimum absolute atomic E-state index is 0.0982. The van der Waals surface area contributed by atoms with Crippen LogP contribution in [0.2, 0.25) is 0 Å². The van der Waals surface area contributed by atoms with Crippen LogP contribution in [0.3, 0.4) is 0 Å². The number of benzene rings is 2. The molecule has 5 nitrogen and oxygen atoms in total. The summed E-state index contributed by atoms with van der Waals surface area (Å²) >= 11 is 0. The molecule has 128 valence electrons. The number of hydrogen-bond donors (Lipinski definition) is 2. The van der Waals surface area contributed by atoms with E-state index in [1.54, 1.807) is 14.2 Å². The second kappa shape index (κ2) is 8.93. The van der Waals surface area contributed by atoms with Gasteiger partial charge in [-0.2, -0.15) is 0 Å². The van der Waals surface area contributed by atoms with Crippen molar-refractivity contribution in [3.63, 3.8) is 0 Å². The van der Waals surface area contributed by atoms with Crippen molar-refractivity contribution in [2.45, 2.75) is 13.3 Å². The highest BCUT2D eigenvalue weighted by Gasteiger charge is 2.08. The molecule has 2 rings (SSSR count). The van der Waals surface area contributed by atoms with Gasteiger partial charge in [-0.15, -0.1) is 0 Å². The van der Waals surface area contributed by atoms with Crippen LogP contribution in [0.1, 0.15) is 11.1 Å². The number of anilines is 1. The van der Waals surface area contributed by atoms with Gasteiger partial charge in [0.05, 0.1) is 26.5 Å². The van der Waals surface area contributed by atoms with Gasteiger partial charge in [0, 0.05) is 0 Å². The molecule has 0 bridgehead atoms. The van der Waals surface area contributed by atoms with Crippen LogP contribution in [-0.4, -0.2) is 33.2 Å². The molecule has 0 aliphatic carbocycles. The molecule has 0 saturated carbocycles. The topological polar surface area (TPSA) is 59.6 Å². The summed E-state index contributed by atoms with van der Waals surface area (Å²) in [5.74, 6) is 1.43. The van der Waals surface area contributed by atoms with E-state index in [2.05, 4.69) is 10.6 Å². The summed E-state index contributed by atoms with van der Waals surface area (Å²) in [4.78, 5) is 12.1. The summed E-state index contributed by atoms with van der Waals surface area (Å²) in [6.07, 6.45) is 0.797. The Labute approximate surface area is 143 Å². The molecule has 0 aliphatic rings. The van der Waals surface area contributed by atoms with Crippen LogP contribution < -0.4 is 20.1 Å². The molecule has 0 spiro atoms. The molecule has 2 aromatic rings. The number of nitrogens with one attached hydrogen (secondary N) is 2. The zero-order valence-corrected chi connectivity index (χ0v) is 14.4. The Morgan fingerprint density at radius 3 is 2.54 bits per heavy atom. The highest BCUT2D eigenvalue weighted by atomic mass is 16.5. The van der Waals surface area contributed by atoms with Crippen LogP contribution in [0.25, 0.3) is 0 Å². The van der Waals surface area contributed by atoms with Crippen LogP contribution in [-0.2, 0) is 11.2 Å². The number of carbonyl (C=O) groups is 1. The number of ether oxygens (including phenoxy) is 2. The summed E-state index contributed by atoms with van der Waals surface area (Å²) in [5, 5.41) is 6.02. The summed E-state index contributed by atoms with van der Waals surface area (Å²) in [6, 6.07) is 13.6. The van der Waals surface area contributed by atoms with E-state index in [1.165, 1.54) is 0 Å². The maximum atomic E-state index is 12.1. The van der Waals surface area contributed by atoms with Gasteiger partial charge in [0.1, 0.15) is 11.5 Å². The molecule has 2 N–H and O–H groups in total. The van der Waals surface area contributed by atoms with Gasteiger partial charge in [-0.05, 0) is 49.2 Å². The molecular formula is C19H24N2O3. The lowest BCUT2D eigenvalue weighted by Crippen LogP contribution is -2.29. The minimum Gasteiger partial charge on any atom is -0.496 e. The molecule has 0 aromatic heterocycles. The van der Waals surface area contributed by atoms with Gasteiger partial charge in [-0.3, -0.25) is 4.79 Å². The highest BCUT2D eigenvalue weighted by Crippen LogP contribution is 2.24. The molecule has 0 unspecified atom stereocenters. The van der Waals surface area contributed by atoms with Crippen LogP contribution >= 0.6 is 0 Å². The average Bonchev–Trinajstić information content (AvgIpc) is 2.59. The van der Waals surface area contributed by atoms with Crippen molar-refractivity contribution in [1.29, 1.82) is 0 Å². The van der Waals surface area contributed by atoms with Crippen LogP contribution in [0.5, 0.6) is 11.5 Å². The lowest BCUT2D eigenvalue weighted by molar-refractivity contribution is -0.115. The smallest absolute Gasteiger partial charge is 0.238 e. The first-order valence-corrected chi connectivity index (χ1v) is 7.91. The number of aryl methyl sites for hydroxylation is 1. The summed E-state index contributed by atoms with van der Waals surface area (Å²) < 4.78 is 10.6. The SMILES string of the molecule is COc1ccccc1CCNCC(=O)Nc1cc(C)ccc1OC. The van der Waals surface area contributed by atoms with E-state index in [1.807, 2.05) is 49.4 Å². The number of rotatable bonds is 8. The first-order valence-electron chi connectivity index (χ1n) is 7.91. The van der Waals surface area contributed by atoms with Crippen LogP contribution in [0, 0.1) is 6.92 Å². The number of carbonyl (C=O) groups excluding carboxylic acids is 1. The van der Waals surface area contributed by atoms with Gasteiger partial charge in [0.2, 0.25) is 5.91 Å². The van der Waals surface area contributed by atoms with E-state index in [0.29, 0.717) is 18.0 Å². The average molecular weight is 328 g/mol. The molecule has 1 amide bonds. The van der Waals surface area contributed by atoms with Crippen molar-refractivity contribution >= 4 is 11.6 Å². The molecule has 0 radical (unpaired) electrons. The van der Waals surface area contributed by atoms with Crippen molar-refractivity contribution in [1.82, 2.24) is 5.32 Å². The van der Waals surface area contributed by atoms with Gasteiger partial charge >= 0.3 is 0 Å². The molecule has 2 aromatic carbocycles. The van der Waals surface area contributed by atoms with Crippen molar-refractivity contribution in [3.05, 3.63) is 53.6 Å². The summed E-state index contributed by atoms with van der Waals surface area (Å²) in [5.41, 5.74) is 2.87. The summed E-state index contributed by atoms with van der Waals surface area (Å²) in [7, 11) is 3.25. The predicted molar refractivity (Wildman–Crippen MR) is 95.9 cm³/mol. The van der Waals surface area contributed by atoms with Crippen molar-refractivity contribution in [2.75, 3.05) is 32.6 Å². The van der Waals surface area contributed by atoms with Crippen LogP contribution in [0.4, 0.5) is 5.69 Å². The normalized spacial score (nSPS) is 10.3. The zero-order chi connectivity index (χ0) is 17.4. The third-order valence-electron chi connectivity index (χ3n) is 3.68. The van der Waals surface area contributed by atoms with Gasteiger partial charge < -0.3 is 20.1 Å². The fraction of sp³-hybridized carbons (Fsp3) is 0.316. The Balaban J connectivity index is 1.81. The molecule has 0 saturated heterocycles. The van der Waals surface area contributed by atoms with Gasteiger partial charge in [0.15, 0.2) is 0 Å². The highest BCUT2D eigenvalue weighted by molar-refractivity contribution is 5.93. The fourth-order valence-electron chi connectivity index (χ4n) is 2.45. The lowest BCUT2D eigenvalue weighted by atomic mass is 10.1. The second-order valence-electron chi connectivity index (χ2n) is 5.49. The lowest BCUT2D eigenvalue weighted by Gasteiger charge is -2.12. The molecule has 0 atom stereocenters. The van der Waals surface area contributed by atoms with Crippen molar-refractivity contribution in [3.8, 4) is 11.5 Å². The Morgan fingerprint density at radius 2 is 1.79 bits per heavy atom. The molecule has 0 fully saturated rings.